The number of benzene rings is 2. The van der Waals surface area contributed by atoms with Gasteiger partial charge in [-0.3, -0.25) is 0 Å². The molecule has 4 nitrogen and oxygen atoms in total. The second-order valence-electron chi connectivity index (χ2n) is 4.28. The lowest BCUT2D eigenvalue weighted by Crippen LogP contribution is -2.08. The van der Waals surface area contributed by atoms with Gasteiger partial charge in [-0.25, -0.2) is 0 Å². The zero-order valence-electron chi connectivity index (χ0n) is 11.4. The van der Waals surface area contributed by atoms with Gasteiger partial charge in [-0.15, -0.1) is 5.11 Å². The molecule has 0 atom stereocenters. The quantitative estimate of drug-likeness (QED) is 0.769. The van der Waals surface area contributed by atoms with Crippen LogP contribution < -0.4 is 9.64 Å². The van der Waals surface area contributed by atoms with Gasteiger partial charge in [0.05, 0.1) is 18.5 Å². The summed E-state index contributed by atoms with van der Waals surface area (Å²) in [7, 11) is 5.59. The lowest BCUT2D eigenvalue weighted by atomic mass is 10.2. The molecule has 0 unspecified atom stereocenters. The lowest BCUT2D eigenvalue weighted by molar-refractivity contribution is 0.415. The van der Waals surface area contributed by atoms with E-state index in [9.17, 15) is 0 Å². The summed E-state index contributed by atoms with van der Waals surface area (Å²) in [6.07, 6.45) is 0. The first-order chi connectivity index (χ1) is 9.20. The Morgan fingerprint density at radius 2 is 1.68 bits per heavy atom. The van der Waals surface area contributed by atoms with Crippen molar-refractivity contribution in [2.45, 2.75) is 0 Å². The summed E-state index contributed by atoms with van der Waals surface area (Å²) in [6, 6.07) is 15.4. The highest BCUT2D eigenvalue weighted by Gasteiger charge is 2.05. The molecule has 0 amide bonds. The third-order valence-corrected chi connectivity index (χ3v) is 2.69. The number of methoxy groups -OCH3 is 1. The van der Waals surface area contributed by atoms with E-state index in [0.29, 0.717) is 0 Å². The first-order valence-electron chi connectivity index (χ1n) is 6.03. The molecule has 19 heavy (non-hydrogen) atoms. The summed E-state index contributed by atoms with van der Waals surface area (Å²) in [4.78, 5) is 2.00. The topological polar surface area (TPSA) is 37.2 Å². The molecular weight excluding hydrogens is 238 g/mol. The normalized spacial score (nSPS) is 10.7. The molecule has 2 rings (SSSR count). The average Bonchev–Trinajstić information content (AvgIpc) is 2.45. The molecule has 98 valence electrons. The van der Waals surface area contributed by atoms with E-state index >= 15 is 0 Å². The Morgan fingerprint density at radius 3 is 2.32 bits per heavy atom. The summed E-state index contributed by atoms with van der Waals surface area (Å²) in [5, 5.41) is 8.55. The number of hydrogen-bond donors (Lipinski definition) is 0. The van der Waals surface area contributed by atoms with Crippen LogP contribution in [0.2, 0.25) is 0 Å². The second kappa shape index (κ2) is 6.00. The minimum absolute atomic E-state index is 0.771. The highest BCUT2D eigenvalue weighted by Crippen LogP contribution is 2.32. The number of anilines is 1. The summed E-state index contributed by atoms with van der Waals surface area (Å²) in [5.41, 5.74) is 2.61. The Morgan fingerprint density at radius 1 is 0.947 bits per heavy atom. The van der Waals surface area contributed by atoms with E-state index in [4.69, 9.17) is 4.74 Å². The average molecular weight is 255 g/mol. The third-order valence-electron chi connectivity index (χ3n) is 2.69. The minimum Gasteiger partial charge on any atom is -0.497 e. The van der Waals surface area contributed by atoms with E-state index in [1.807, 2.05) is 67.5 Å². The van der Waals surface area contributed by atoms with Crippen LogP contribution in [0.5, 0.6) is 5.75 Å². The van der Waals surface area contributed by atoms with Crippen molar-refractivity contribution in [2.24, 2.45) is 10.2 Å². The Hall–Kier alpha value is -2.36. The van der Waals surface area contributed by atoms with Crippen LogP contribution in [0.4, 0.5) is 17.1 Å². The molecule has 0 bridgehead atoms. The van der Waals surface area contributed by atoms with Gasteiger partial charge in [-0.1, -0.05) is 18.2 Å². The molecule has 0 spiro atoms. The number of rotatable bonds is 4. The van der Waals surface area contributed by atoms with Gasteiger partial charge < -0.3 is 9.64 Å². The molecule has 0 aliphatic carbocycles. The fourth-order valence-electron chi connectivity index (χ4n) is 1.69. The van der Waals surface area contributed by atoms with Crippen LogP contribution in [0.3, 0.4) is 0 Å². The van der Waals surface area contributed by atoms with Crippen LogP contribution in [0, 0.1) is 0 Å². The summed E-state index contributed by atoms with van der Waals surface area (Å²) < 4.78 is 5.22. The van der Waals surface area contributed by atoms with Crippen molar-refractivity contribution in [3.63, 3.8) is 0 Å². The highest BCUT2D eigenvalue weighted by molar-refractivity contribution is 5.68. The SMILES string of the molecule is COc1ccc(N(C)C)c(N=Nc2ccccc2)c1. The van der Waals surface area contributed by atoms with Crippen molar-refractivity contribution in [3.05, 3.63) is 48.5 Å². The maximum absolute atomic E-state index is 5.22. The summed E-state index contributed by atoms with van der Waals surface area (Å²) in [5.74, 6) is 0.771. The molecule has 0 saturated heterocycles. The zero-order chi connectivity index (χ0) is 13.7. The maximum atomic E-state index is 5.22. The fraction of sp³-hybridized carbons (Fsp3) is 0.200. The molecule has 4 heteroatoms. The van der Waals surface area contributed by atoms with Gasteiger partial charge in [-0.05, 0) is 24.3 Å². The van der Waals surface area contributed by atoms with Crippen molar-refractivity contribution in [1.29, 1.82) is 0 Å². The molecule has 0 fully saturated rings. The van der Waals surface area contributed by atoms with E-state index in [1.165, 1.54) is 0 Å². The van der Waals surface area contributed by atoms with E-state index in [1.54, 1.807) is 7.11 Å². The number of nitrogens with zero attached hydrogens (tertiary/aromatic N) is 3. The Balaban J connectivity index is 2.34. The van der Waals surface area contributed by atoms with Crippen molar-refractivity contribution in [1.82, 2.24) is 0 Å². The van der Waals surface area contributed by atoms with Crippen LogP contribution in [-0.4, -0.2) is 21.2 Å². The van der Waals surface area contributed by atoms with Gasteiger partial charge in [0.2, 0.25) is 0 Å². The van der Waals surface area contributed by atoms with Crippen LogP contribution in [0.1, 0.15) is 0 Å². The van der Waals surface area contributed by atoms with E-state index in [0.717, 1.165) is 22.8 Å². The van der Waals surface area contributed by atoms with Gasteiger partial charge in [0, 0.05) is 20.2 Å². The Bertz CT molecular complexity index is 565. The van der Waals surface area contributed by atoms with Gasteiger partial charge >= 0.3 is 0 Å². The van der Waals surface area contributed by atoms with Gasteiger partial charge in [0.1, 0.15) is 11.4 Å². The maximum Gasteiger partial charge on any atom is 0.121 e. The third kappa shape index (κ3) is 3.31. The van der Waals surface area contributed by atoms with E-state index < -0.39 is 0 Å². The molecule has 0 aliphatic heterocycles. The minimum atomic E-state index is 0.771. The van der Waals surface area contributed by atoms with Gasteiger partial charge in [-0.2, -0.15) is 5.11 Å². The Kier molecular flexibility index (Phi) is 4.13. The summed E-state index contributed by atoms with van der Waals surface area (Å²) in [6.45, 7) is 0. The molecule has 0 radical (unpaired) electrons. The van der Waals surface area contributed by atoms with Crippen LogP contribution in [-0.2, 0) is 0 Å². The van der Waals surface area contributed by atoms with Crippen LogP contribution in [0.25, 0.3) is 0 Å². The summed E-state index contributed by atoms with van der Waals surface area (Å²) >= 11 is 0. The zero-order valence-corrected chi connectivity index (χ0v) is 11.4. The van der Waals surface area contributed by atoms with Crippen LogP contribution >= 0.6 is 0 Å². The Labute approximate surface area is 113 Å². The van der Waals surface area contributed by atoms with Crippen molar-refractivity contribution >= 4 is 17.1 Å². The molecule has 2 aromatic rings. The first-order valence-corrected chi connectivity index (χ1v) is 6.03. The molecule has 0 aliphatic rings. The molecule has 0 N–H and O–H groups in total. The molecule has 2 aromatic carbocycles. The fourth-order valence-corrected chi connectivity index (χ4v) is 1.69. The van der Waals surface area contributed by atoms with E-state index in [2.05, 4.69) is 10.2 Å². The van der Waals surface area contributed by atoms with Crippen molar-refractivity contribution < 1.29 is 4.74 Å². The number of ether oxygens (including phenoxy) is 1. The largest absolute Gasteiger partial charge is 0.497 e. The number of azo groups is 1. The van der Waals surface area contributed by atoms with Crippen molar-refractivity contribution in [3.8, 4) is 5.75 Å². The molecule has 0 saturated carbocycles. The molecule has 0 heterocycles. The van der Waals surface area contributed by atoms with Gasteiger partial charge in [0.25, 0.3) is 0 Å². The van der Waals surface area contributed by atoms with Crippen molar-refractivity contribution in [2.75, 3.05) is 26.1 Å². The molecular formula is C15H17N3O. The molecule has 0 aromatic heterocycles. The van der Waals surface area contributed by atoms with Crippen LogP contribution in [0.15, 0.2) is 58.8 Å². The first kappa shape index (κ1) is 13.1. The lowest BCUT2D eigenvalue weighted by Gasteiger charge is -2.15. The predicted molar refractivity (Wildman–Crippen MR) is 77.9 cm³/mol. The monoisotopic (exact) mass is 255 g/mol. The number of hydrogen-bond acceptors (Lipinski definition) is 4. The predicted octanol–water partition coefficient (Wildman–Crippen LogP) is 4.18. The van der Waals surface area contributed by atoms with E-state index in [-0.39, 0.29) is 0 Å². The van der Waals surface area contributed by atoms with Gasteiger partial charge in [0.15, 0.2) is 0 Å². The second-order valence-corrected chi connectivity index (χ2v) is 4.28. The smallest absolute Gasteiger partial charge is 0.121 e. The standard InChI is InChI=1S/C15H17N3O/c1-18(2)15-10-9-13(19-3)11-14(15)17-16-12-7-5-4-6-8-12/h4-11H,1-3H3. The highest BCUT2D eigenvalue weighted by atomic mass is 16.5.